The van der Waals surface area contributed by atoms with Crippen LogP contribution in [0.5, 0.6) is 0 Å². The molecule has 0 fully saturated rings. The number of nitrogens with zero attached hydrogens (tertiary/aromatic N) is 2. The van der Waals surface area contributed by atoms with Gasteiger partial charge in [0.05, 0.1) is 6.04 Å². The molecule has 9 heteroatoms. The first-order chi connectivity index (χ1) is 14.2. The second-order valence-electron chi connectivity index (χ2n) is 8.01. The highest BCUT2D eigenvalue weighted by atomic mass is 32.1. The molecule has 1 aromatic carbocycles. The van der Waals surface area contributed by atoms with E-state index < -0.39 is 18.2 Å². The molecule has 0 aliphatic carbocycles. The van der Waals surface area contributed by atoms with E-state index in [1.54, 1.807) is 0 Å². The third-order valence-corrected chi connectivity index (χ3v) is 4.48. The maximum absolute atomic E-state index is 13.0. The molecular formula is C21H30N4O4S. The summed E-state index contributed by atoms with van der Waals surface area (Å²) >= 11 is 4.04. The van der Waals surface area contributed by atoms with Gasteiger partial charge in [0, 0.05) is 0 Å². The smallest absolute Gasteiger partial charge is 0.408 e. The monoisotopic (exact) mass is 434 g/mol. The summed E-state index contributed by atoms with van der Waals surface area (Å²) in [5.74, 6) is 0.506. The molecule has 1 aromatic heterocycles. The van der Waals surface area contributed by atoms with Crippen molar-refractivity contribution >= 4 is 24.6 Å². The molecular weight excluding hydrogens is 404 g/mol. The largest absolute Gasteiger partial charge is 0.445 e. The summed E-state index contributed by atoms with van der Waals surface area (Å²) in [7, 11) is 0. The highest BCUT2D eigenvalue weighted by Gasteiger charge is 2.28. The van der Waals surface area contributed by atoms with Gasteiger partial charge in [0.2, 0.25) is 5.91 Å². The van der Waals surface area contributed by atoms with Crippen LogP contribution < -0.4 is 10.6 Å². The average molecular weight is 435 g/mol. The van der Waals surface area contributed by atoms with Crippen molar-refractivity contribution in [1.29, 1.82) is 0 Å². The molecule has 164 valence electrons. The number of hydrogen-bond acceptors (Lipinski definition) is 7. The number of hydrogen-bond donors (Lipinski definition) is 3. The van der Waals surface area contributed by atoms with Gasteiger partial charge in [-0.15, -0.1) is 0 Å². The SMILES string of the molecule is CC(C)CC(NC(=O)[C@H](CC(C)C)NC(=O)OCc1ccccc1)c1noc(S)n1. The second-order valence-corrected chi connectivity index (χ2v) is 8.40. The van der Waals surface area contributed by atoms with Gasteiger partial charge in [-0.05, 0) is 30.2 Å². The van der Waals surface area contributed by atoms with Crippen molar-refractivity contribution in [2.24, 2.45) is 11.8 Å². The van der Waals surface area contributed by atoms with Gasteiger partial charge in [0.1, 0.15) is 12.6 Å². The Balaban J connectivity index is 2.02. The minimum atomic E-state index is -0.745. The number of alkyl carbamates (subject to hydrolysis) is 1. The summed E-state index contributed by atoms with van der Waals surface area (Å²) in [6.07, 6.45) is 0.438. The maximum Gasteiger partial charge on any atom is 0.408 e. The van der Waals surface area contributed by atoms with Crippen molar-refractivity contribution in [3.8, 4) is 0 Å². The zero-order chi connectivity index (χ0) is 22.1. The third-order valence-electron chi connectivity index (χ3n) is 4.29. The molecule has 1 unspecified atom stereocenters. The quantitative estimate of drug-likeness (QED) is 0.490. The van der Waals surface area contributed by atoms with Crippen LogP contribution in [0.2, 0.25) is 0 Å². The van der Waals surface area contributed by atoms with Gasteiger partial charge in [-0.2, -0.15) is 4.98 Å². The van der Waals surface area contributed by atoms with Gasteiger partial charge in [-0.3, -0.25) is 4.79 Å². The van der Waals surface area contributed by atoms with E-state index in [1.165, 1.54) is 0 Å². The van der Waals surface area contributed by atoms with Crippen molar-refractivity contribution in [3.05, 3.63) is 41.7 Å². The van der Waals surface area contributed by atoms with Crippen molar-refractivity contribution in [2.75, 3.05) is 0 Å². The summed E-state index contributed by atoms with van der Waals surface area (Å²) in [6, 6.07) is 8.17. The molecule has 0 spiro atoms. The molecule has 0 saturated carbocycles. The number of carbonyl (C=O) groups excluding carboxylic acids is 2. The highest BCUT2D eigenvalue weighted by Crippen LogP contribution is 2.20. The van der Waals surface area contributed by atoms with Crippen LogP contribution in [0.4, 0.5) is 4.79 Å². The van der Waals surface area contributed by atoms with Gasteiger partial charge in [-0.1, -0.05) is 75.8 Å². The molecule has 0 saturated heterocycles. The first-order valence-corrected chi connectivity index (χ1v) is 10.5. The summed E-state index contributed by atoms with van der Waals surface area (Å²) < 4.78 is 10.2. The number of ether oxygens (including phenoxy) is 1. The molecule has 8 nitrogen and oxygen atoms in total. The summed E-state index contributed by atoms with van der Waals surface area (Å²) in [4.78, 5) is 29.4. The lowest BCUT2D eigenvalue weighted by atomic mass is 10.0. The molecule has 2 amide bonds. The Hall–Kier alpha value is -2.55. The molecule has 2 aromatic rings. The Kier molecular flexibility index (Phi) is 9.16. The van der Waals surface area contributed by atoms with Gasteiger partial charge in [0.15, 0.2) is 5.82 Å². The van der Waals surface area contributed by atoms with Crippen LogP contribution >= 0.6 is 12.6 Å². The van der Waals surface area contributed by atoms with Crippen LogP contribution in [0.3, 0.4) is 0 Å². The zero-order valence-corrected chi connectivity index (χ0v) is 18.7. The van der Waals surface area contributed by atoms with Crippen LogP contribution in [0.1, 0.15) is 58.0 Å². The van der Waals surface area contributed by atoms with Crippen LogP contribution in [-0.2, 0) is 16.1 Å². The van der Waals surface area contributed by atoms with Crippen molar-refractivity contribution < 1.29 is 18.8 Å². The van der Waals surface area contributed by atoms with E-state index in [0.29, 0.717) is 18.7 Å². The summed E-state index contributed by atoms with van der Waals surface area (Å²) in [6.45, 7) is 8.16. The van der Waals surface area contributed by atoms with Crippen LogP contribution in [-0.4, -0.2) is 28.2 Å². The fourth-order valence-corrected chi connectivity index (χ4v) is 3.09. The van der Waals surface area contributed by atoms with Gasteiger partial charge in [0.25, 0.3) is 5.22 Å². The fourth-order valence-electron chi connectivity index (χ4n) is 2.95. The maximum atomic E-state index is 13.0. The molecule has 1 heterocycles. The predicted molar refractivity (Wildman–Crippen MR) is 115 cm³/mol. The number of aromatic nitrogens is 2. The Bertz CT molecular complexity index is 810. The Morgan fingerprint density at radius 1 is 1.07 bits per heavy atom. The molecule has 0 radical (unpaired) electrons. The number of carbonyl (C=O) groups is 2. The van der Waals surface area contributed by atoms with E-state index in [0.717, 1.165) is 5.56 Å². The van der Waals surface area contributed by atoms with Crippen LogP contribution in [0, 0.1) is 11.8 Å². The molecule has 2 N–H and O–H groups in total. The van der Waals surface area contributed by atoms with Gasteiger partial charge in [-0.25, -0.2) is 4.79 Å². The molecule has 0 aliphatic rings. The Labute approximate surface area is 182 Å². The van der Waals surface area contributed by atoms with E-state index in [1.807, 2.05) is 58.0 Å². The van der Waals surface area contributed by atoms with Crippen molar-refractivity contribution in [3.63, 3.8) is 0 Å². The van der Waals surface area contributed by atoms with E-state index in [-0.39, 0.29) is 29.6 Å². The van der Waals surface area contributed by atoms with E-state index in [4.69, 9.17) is 9.26 Å². The zero-order valence-electron chi connectivity index (χ0n) is 17.8. The lowest BCUT2D eigenvalue weighted by molar-refractivity contribution is -0.124. The fraction of sp³-hybridized carbons (Fsp3) is 0.524. The van der Waals surface area contributed by atoms with Crippen molar-refractivity contribution in [1.82, 2.24) is 20.8 Å². The Morgan fingerprint density at radius 2 is 1.73 bits per heavy atom. The van der Waals surface area contributed by atoms with Crippen LogP contribution in [0.25, 0.3) is 0 Å². The molecule has 2 atom stereocenters. The molecule has 0 aliphatic heterocycles. The lowest BCUT2D eigenvalue weighted by Gasteiger charge is -2.23. The molecule has 0 bridgehead atoms. The number of thiol groups is 1. The first-order valence-electron chi connectivity index (χ1n) is 10.0. The number of rotatable bonds is 10. The molecule has 2 rings (SSSR count). The van der Waals surface area contributed by atoms with E-state index in [2.05, 4.69) is 33.4 Å². The minimum Gasteiger partial charge on any atom is -0.445 e. The minimum absolute atomic E-state index is 0.131. The predicted octanol–water partition coefficient (Wildman–Crippen LogP) is 3.90. The van der Waals surface area contributed by atoms with Gasteiger partial charge < -0.3 is 19.9 Å². The van der Waals surface area contributed by atoms with E-state index in [9.17, 15) is 9.59 Å². The average Bonchev–Trinajstić information content (AvgIpc) is 3.12. The summed E-state index contributed by atoms with van der Waals surface area (Å²) in [5.41, 5.74) is 0.870. The topological polar surface area (TPSA) is 106 Å². The van der Waals surface area contributed by atoms with Gasteiger partial charge >= 0.3 is 6.09 Å². The number of benzene rings is 1. The standard InChI is InChI=1S/C21H30N4O4S/c1-13(2)10-16(18-24-21(30)29-25-18)22-19(26)17(11-14(3)4)23-20(27)28-12-15-8-6-5-7-9-15/h5-9,13-14,16-17H,10-12H2,1-4H3,(H,22,26)(H,23,27)(H,24,25,30)/t16?,17-/m0/s1. The number of amides is 2. The first kappa shape index (κ1) is 23.7. The van der Waals surface area contributed by atoms with E-state index >= 15 is 0 Å². The third kappa shape index (κ3) is 8.06. The lowest BCUT2D eigenvalue weighted by Crippen LogP contribution is -2.48. The second kappa shape index (κ2) is 11.6. The van der Waals surface area contributed by atoms with Crippen LogP contribution in [0.15, 0.2) is 40.1 Å². The Morgan fingerprint density at radius 3 is 2.30 bits per heavy atom. The number of nitrogens with one attached hydrogen (secondary N) is 2. The van der Waals surface area contributed by atoms with Crippen molar-refractivity contribution in [2.45, 2.75) is 64.4 Å². The highest BCUT2D eigenvalue weighted by molar-refractivity contribution is 7.80. The summed E-state index contributed by atoms with van der Waals surface area (Å²) in [5, 5.41) is 9.63. The normalized spacial score (nSPS) is 13.2. The molecule has 30 heavy (non-hydrogen) atoms.